The number of rotatable bonds is 8. The summed E-state index contributed by atoms with van der Waals surface area (Å²) in [7, 11) is -2.41. The van der Waals surface area contributed by atoms with Gasteiger partial charge in [0.05, 0.1) is 28.6 Å². The van der Waals surface area contributed by atoms with Gasteiger partial charge in [0.15, 0.2) is 6.61 Å². The summed E-state index contributed by atoms with van der Waals surface area (Å²) in [6.07, 6.45) is 3.51. The van der Waals surface area contributed by atoms with Crippen LogP contribution in [0.2, 0.25) is 0 Å². The van der Waals surface area contributed by atoms with E-state index in [0.717, 1.165) is 31.7 Å². The monoisotopic (exact) mass is 491 g/mol. The highest BCUT2D eigenvalue weighted by Gasteiger charge is 2.26. The number of sulfonamides is 1. The van der Waals surface area contributed by atoms with E-state index in [4.69, 9.17) is 9.47 Å². The van der Waals surface area contributed by atoms with E-state index in [-0.39, 0.29) is 27.6 Å². The molecule has 2 aromatic carbocycles. The average Bonchev–Trinajstić information content (AvgIpc) is 3.13. The van der Waals surface area contributed by atoms with Gasteiger partial charge in [-0.15, -0.1) is 0 Å². The van der Waals surface area contributed by atoms with Gasteiger partial charge in [0.2, 0.25) is 10.0 Å². The van der Waals surface area contributed by atoms with Crippen LogP contribution in [0.4, 0.5) is 11.4 Å². The smallest absolute Gasteiger partial charge is 0.338 e. The van der Waals surface area contributed by atoms with Crippen LogP contribution in [0.1, 0.15) is 36.0 Å². The number of ether oxygens (including phenoxy) is 2. The summed E-state index contributed by atoms with van der Waals surface area (Å²) in [4.78, 5) is 35.2. The Morgan fingerprint density at radius 2 is 1.79 bits per heavy atom. The van der Waals surface area contributed by atoms with Crippen LogP contribution in [0.15, 0.2) is 47.4 Å². The van der Waals surface area contributed by atoms with Crippen molar-refractivity contribution in [2.45, 2.75) is 30.6 Å². The van der Waals surface area contributed by atoms with Gasteiger partial charge in [0, 0.05) is 13.1 Å². The first-order valence-corrected chi connectivity index (χ1v) is 12.1. The molecule has 1 fully saturated rings. The first-order chi connectivity index (χ1) is 16.2. The first kappa shape index (κ1) is 25.1. The second-order valence-corrected chi connectivity index (χ2v) is 9.55. The highest BCUT2D eigenvalue weighted by atomic mass is 32.2. The van der Waals surface area contributed by atoms with Crippen molar-refractivity contribution in [3.8, 4) is 5.75 Å². The number of methoxy groups -OCH3 is 1. The van der Waals surface area contributed by atoms with Crippen LogP contribution in [-0.4, -0.2) is 56.3 Å². The number of nitrogens with zero attached hydrogens (tertiary/aromatic N) is 2. The summed E-state index contributed by atoms with van der Waals surface area (Å²) in [5.41, 5.74) is -0.498. The predicted octanol–water partition coefficient (Wildman–Crippen LogP) is 2.96. The fraction of sp³-hybridized carbons (Fsp3) is 0.364. The summed E-state index contributed by atoms with van der Waals surface area (Å²) in [6.45, 7) is 0.133. The van der Waals surface area contributed by atoms with Crippen molar-refractivity contribution in [2.75, 3.05) is 32.1 Å². The molecule has 2 aromatic rings. The Morgan fingerprint density at radius 3 is 2.44 bits per heavy atom. The summed E-state index contributed by atoms with van der Waals surface area (Å²) in [5.74, 6) is -1.45. The fourth-order valence-electron chi connectivity index (χ4n) is 3.51. The van der Waals surface area contributed by atoms with E-state index in [2.05, 4.69) is 5.32 Å². The number of carbonyl (C=O) groups is 2. The lowest BCUT2D eigenvalue weighted by Gasteiger charge is -2.20. The molecule has 0 bridgehead atoms. The van der Waals surface area contributed by atoms with Gasteiger partial charge in [-0.2, -0.15) is 4.31 Å². The lowest BCUT2D eigenvalue weighted by atomic mass is 10.2. The average molecular weight is 492 g/mol. The number of hydrogen-bond acceptors (Lipinski definition) is 8. The third-order valence-electron chi connectivity index (χ3n) is 5.28. The van der Waals surface area contributed by atoms with Crippen LogP contribution in [0.3, 0.4) is 0 Å². The maximum Gasteiger partial charge on any atom is 0.338 e. The zero-order valence-corrected chi connectivity index (χ0v) is 19.4. The minimum atomic E-state index is -3.76. The molecule has 12 heteroatoms. The third-order valence-corrected chi connectivity index (χ3v) is 7.18. The Morgan fingerprint density at radius 1 is 1.09 bits per heavy atom. The van der Waals surface area contributed by atoms with Gasteiger partial charge >= 0.3 is 5.97 Å². The highest BCUT2D eigenvalue weighted by Crippen LogP contribution is 2.29. The van der Waals surface area contributed by atoms with Gasteiger partial charge in [-0.05, 0) is 43.2 Å². The lowest BCUT2D eigenvalue weighted by Crippen LogP contribution is -2.32. The summed E-state index contributed by atoms with van der Waals surface area (Å²) in [5, 5.41) is 13.5. The Kier molecular flexibility index (Phi) is 8.18. The van der Waals surface area contributed by atoms with Crippen LogP contribution in [0.5, 0.6) is 5.75 Å². The number of benzene rings is 2. The van der Waals surface area contributed by atoms with Crippen molar-refractivity contribution in [3.05, 3.63) is 58.1 Å². The molecule has 0 radical (unpaired) electrons. The van der Waals surface area contributed by atoms with E-state index in [0.29, 0.717) is 13.1 Å². The summed E-state index contributed by atoms with van der Waals surface area (Å²) >= 11 is 0. The molecule has 182 valence electrons. The molecule has 0 atom stereocenters. The van der Waals surface area contributed by atoms with Gasteiger partial charge in [0.1, 0.15) is 11.4 Å². The normalized spacial score (nSPS) is 14.6. The molecular formula is C22H25N3O8S. The van der Waals surface area contributed by atoms with Gasteiger partial charge in [-0.1, -0.05) is 18.9 Å². The Bertz CT molecular complexity index is 1170. The maximum absolute atomic E-state index is 13.0. The van der Waals surface area contributed by atoms with Crippen molar-refractivity contribution >= 4 is 33.3 Å². The van der Waals surface area contributed by atoms with Crippen LogP contribution < -0.4 is 10.1 Å². The molecule has 0 aromatic heterocycles. The van der Waals surface area contributed by atoms with Crippen LogP contribution >= 0.6 is 0 Å². The number of nitro benzene ring substituents is 1. The number of hydrogen-bond donors (Lipinski definition) is 1. The number of nitrogens with one attached hydrogen (secondary N) is 1. The third kappa shape index (κ3) is 6.08. The second-order valence-electron chi connectivity index (χ2n) is 7.61. The Labute approximate surface area is 196 Å². The number of nitro groups is 1. The van der Waals surface area contributed by atoms with Gasteiger partial charge in [0.25, 0.3) is 11.6 Å². The summed E-state index contributed by atoms with van der Waals surface area (Å²) < 4.78 is 37.3. The molecule has 1 aliphatic rings. The largest absolute Gasteiger partial charge is 0.496 e. The topological polar surface area (TPSA) is 145 Å². The van der Waals surface area contributed by atoms with Crippen LogP contribution in [0, 0.1) is 10.1 Å². The van der Waals surface area contributed by atoms with Crippen molar-refractivity contribution in [1.82, 2.24) is 4.31 Å². The molecule has 11 nitrogen and oxygen atoms in total. The van der Waals surface area contributed by atoms with Gasteiger partial charge < -0.3 is 14.8 Å². The molecule has 0 spiro atoms. The van der Waals surface area contributed by atoms with Crippen molar-refractivity contribution in [2.24, 2.45) is 0 Å². The molecule has 1 saturated heterocycles. The van der Waals surface area contributed by atoms with E-state index in [1.165, 1.54) is 47.8 Å². The minimum Gasteiger partial charge on any atom is -0.496 e. The quantitative estimate of drug-likeness (QED) is 0.337. The highest BCUT2D eigenvalue weighted by molar-refractivity contribution is 7.89. The maximum atomic E-state index is 13.0. The molecule has 0 saturated carbocycles. The number of carbonyl (C=O) groups excluding carboxylic acids is 2. The molecule has 0 unspecified atom stereocenters. The molecule has 1 heterocycles. The molecular weight excluding hydrogens is 466 g/mol. The fourth-order valence-corrected chi connectivity index (χ4v) is 5.07. The van der Waals surface area contributed by atoms with E-state index in [1.807, 2.05) is 0 Å². The summed E-state index contributed by atoms with van der Waals surface area (Å²) in [6, 6.07) is 9.33. The zero-order valence-electron chi connectivity index (χ0n) is 18.6. The molecule has 34 heavy (non-hydrogen) atoms. The Hall–Kier alpha value is -3.51. The number of amides is 1. The minimum absolute atomic E-state index is 0.0258. The predicted molar refractivity (Wildman–Crippen MR) is 122 cm³/mol. The van der Waals surface area contributed by atoms with Crippen LogP contribution in [0.25, 0.3) is 0 Å². The SMILES string of the molecule is COc1ccc(NC(=O)COC(=O)c2cccc(S(=O)(=O)N3CCCCCC3)c2)c([N+](=O)[O-])c1. The van der Waals surface area contributed by atoms with Crippen molar-refractivity contribution < 1.29 is 32.4 Å². The van der Waals surface area contributed by atoms with E-state index >= 15 is 0 Å². The molecule has 1 aliphatic heterocycles. The van der Waals surface area contributed by atoms with Crippen LogP contribution in [-0.2, 0) is 19.6 Å². The van der Waals surface area contributed by atoms with Gasteiger partial charge in [-0.3, -0.25) is 14.9 Å². The molecule has 3 rings (SSSR count). The Balaban J connectivity index is 1.65. The van der Waals surface area contributed by atoms with E-state index in [1.54, 1.807) is 0 Å². The van der Waals surface area contributed by atoms with Crippen molar-refractivity contribution in [3.63, 3.8) is 0 Å². The molecule has 1 N–H and O–H groups in total. The molecule has 1 amide bonds. The van der Waals surface area contributed by atoms with E-state index < -0.39 is 33.4 Å². The lowest BCUT2D eigenvalue weighted by molar-refractivity contribution is -0.384. The second kappa shape index (κ2) is 11.1. The standard InChI is InChI=1S/C22H25N3O8S/c1-32-17-9-10-19(20(14-17)25(28)29)23-21(26)15-33-22(27)16-7-6-8-18(13-16)34(30,31)24-11-4-2-3-5-12-24/h6-10,13-14H,2-5,11-12,15H2,1H3,(H,23,26). The van der Waals surface area contributed by atoms with Crippen molar-refractivity contribution in [1.29, 1.82) is 0 Å². The van der Waals surface area contributed by atoms with Gasteiger partial charge in [-0.25, -0.2) is 13.2 Å². The number of anilines is 1. The first-order valence-electron chi connectivity index (χ1n) is 10.6. The van der Waals surface area contributed by atoms with E-state index in [9.17, 15) is 28.1 Å². The zero-order chi connectivity index (χ0) is 24.7. The molecule has 0 aliphatic carbocycles. The number of esters is 1.